The van der Waals surface area contributed by atoms with Crippen LogP contribution in [0.2, 0.25) is 0 Å². The molecule has 3 fully saturated rings. The average Bonchev–Trinajstić information content (AvgIpc) is 2.39. The molecule has 21 heavy (non-hydrogen) atoms. The van der Waals surface area contributed by atoms with Crippen molar-refractivity contribution >= 4 is 34.5 Å². The molecule has 0 N–H and O–H groups in total. The Morgan fingerprint density at radius 1 is 1.33 bits per heavy atom. The normalized spacial score (nSPS) is 24.6. The maximum absolute atomic E-state index is 12.1. The average molecular weight is 401 g/mol. The Morgan fingerprint density at radius 2 is 2.00 bits per heavy atom. The van der Waals surface area contributed by atoms with E-state index in [0.717, 1.165) is 28.9 Å². The van der Waals surface area contributed by atoms with Crippen molar-refractivity contribution in [1.29, 1.82) is 0 Å². The van der Waals surface area contributed by atoms with E-state index in [1.807, 2.05) is 31.9 Å². The number of ether oxygens (including phenoxy) is 1. The molecule has 1 amide bonds. The number of fused-ring (bicyclic) bond motifs is 2. The summed E-state index contributed by atoms with van der Waals surface area (Å²) in [7, 11) is 0. The van der Waals surface area contributed by atoms with Crippen molar-refractivity contribution in [3.63, 3.8) is 0 Å². The summed E-state index contributed by atoms with van der Waals surface area (Å²) in [6.45, 7) is 7.14. The van der Waals surface area contributed by atoms with E-state index in [2.05, 4.69) is 44.6 Å². The first-order chi connectivity index (χ1) is 9.83. The first kappa shape index (κ1) is 14.9. The third-order valence-corrected chi connectivity index (χ3v) is 4.46. The number of halogens is 1. The summed E-state index contributed by atoms with van der Waals surface area (Å²) in [4.78, 5) is 20.8. The number of rotatable bonds is 1. The molecule has 4 rings (SSSR count). The molecule has 0 spiro atoms. The highest BCUT2D eigenvalue weighted by Gasteiger charge is 2.47. The first-order valence-electron chi connectivity index (χ1n) is 7.21. The zero-order chi connectivity index (χ0) is 15.2. The van der Waals surface area contributed by atoms with Crippen LogP contribution in [-0.4, -0.2) is 46.8 Å². The van der Waals surface area contributed by atoms with Crippen molar-refractivity contribution in [2.45, 2.75) is 44.9 Å². The molecule has 2 atom stereocenters. The van der Waals surface area contributed by atoms with Gasteiger partial charge in [0.05, 0.1) is 12.1 Å². The molecule has 2 bridgehead atoms. The Bertz CT molecular complexity index is 529. The maximum atomic E-state index is 12.1. The lowest BCUT2D eigenvalue weighted by molar-refractivity contribution is 0.00843. The smallest absolute Gasteiger partial charge is 0.410 e. The van der Waals surface area contributed by atoms with Gasteiger partial charge in [0.25, 0.3) is 0 Å². The number of piperazine rings is 1. The van der Waals surface area contributed by atoms with E-state index in [9.17, 15) is 4.79 Å². The second-order valence-electron chi connectivity index (χ2n) is 6.67. The van der Waals surface area contributed by atoms with Crippen molar-refractivity contribution in [1.82, 2.24) is 9.88 Å². The summed E-state index contributed by atoms with van der Waals surface area (Å²) < 4.78 is 6.59. The maximum Gasteiger partial charge on any atom is 0.410 e. The van der Waals surface area contributed by atoms with Crippen LogP contribution in [0, 0.1) is 3.57 Å². The Morgan fingerprint density at radius 3 is 2.52 bits per heavy atom. The molecule has 4 heterocycles. The Labute approximate surface area is 138 Å². The molecule has 114 valence electrons. The zero-order valence-electron chi connectivity index (χ0n) is 12.5. The van der Waals surface area contributed by atoms with E-state index in [4.69, 9.17) is 4.74 Å². The highest BCUT2D eigenvalue weighted by Crippen LogP contribution is 2.36. The van der Waals surface area contributed by atoms with Gasteiger partial charge in [-0.1, -0.05) is 0 Å². The first-order valence-corrected chi connectivity index (χ1v) is 8.29. The zero-order valence-corrected chi connectivity index (χ0v) is 14.7. The van der Waals surface area contributed by atoms with Gasteiger partial charge in [-0.25, -0.2) is 9.78 Å². The lowest BCUT2D eigenvalue weighted by Gasteiger charge is -2.56. The van der Waals surface area contributed by atoms with Gasteiger partial charge < -0.3 is 14.5 Å². The number of aromatic nitrogens is 1. The quantitative estimate of drug-likeness (QED) is 0.679. The lowest BCUT2D eigenvalue weighted by atomic mass is 9.87. The van der Waals surface area contributed by atoms with Gasteiger partial charge in [0.15, 0.2) is 0 Å². The van der Waals surface area contributed by atoms with Crippen LogP contribution < -0.4 is 4.90 Å². The van der Waals surface area contributed by atoms with E-state index in [-0.39, 0.29) is 6.09 Å². The predicted molar refractivity (Wildman–Crippen MR) is 89.4 cm³/mol. The summed E-state index contributed by atoms with van der Waals surface area (Å²) in [5, 5.41) is 0. The largest absolute Gasteiger partial charge is 0.444 e. The second-order valence-corrected chi connectivity index (χ2v) is 7.92. The number of hydrogen-bond donors (Lipinski definition) is 0. The number of anilines is 1. The summed E-state index contributed by atoms with van der Waals surface area (Å²) >= 11 is 2.26. The lowest BCUT2D eigenvalue weighted by Crippen LogP contribution is -2.70. The van der Waals surface area contributed by atoms with Crippen LogP contribution >= 0.6 is 22.6 Å². The molecule has 1 aromatic rings. The molecule has 6 heteroatoms. The molecule has 0 radical (unpaired) electrons. The molecule has 3 aliphatic rings. The van der Waals surface area contributed by atoms with Crippen molar-refractivity contribution in [2.75, 3.05) is 18.0 Å². The van der Waals surface area contributed by atoms with Gasteiger partial charge in [-0.2, -0.15) is 0 Å². The Kier molecular flexibility index (Phi) is 3.75. The van der Waals surface area contributed by atoms with Gasteiger partial charge in [-0.05, 0) is 61.9 Å². The number of piperidine rings is 1. The molecule has 0 aliphatic carbocycles. The number of amides is 1. The molecule has 5 nitrogen and oxygen atoms in total. The molecular formula is C15H20IN3O2. The van der Waals surface area contributed by atoms with Gasteiger partial charge in [0.1, 0.15) is 11.4 Å². The summed E-state index contributed by atoms with van der Waals surface area (Å²) in [5.41, 5.74) is -0.434. The minimum absolute atomic E-state index is 0.201. The predicted octanol–water partition coefficient (Wildman–Crippen LogP) is 2.88. The minimum Gasteiger partial charge on any atom is -0.444 e. The van der Waals surface area contributed by atoms with E-state index in [0.29, 0.717) is 12.1 Å². The van der Waals surface area contributed by atoms with Crippen LogP contribution in [0.1, 0.15) is 27.2 Å². The summed E-state index contributed by atoms with van der Waals surface area (Å²) in [5.74, 6) is 1.01. The third-order valence-electron chi connectivity index (χ3n) is 3.82. The Balaban J connectivity index is 1.64. The van der Waals surface area contributed by atoms with Gasteiger partial charge in [-0.15, -0.1) is 0 Å². The van der Waals surface area contributed by atoms with Crippen LogP contribution in [0.15, 0.2) is 18.3 Å². The number of nitrogens with zero attached hydrogens (tertiary/aromatic N) is 3. The molecular weight excluding hydrogens is 381 g/mol. The number of carbonyl (C=O) groups is 1. The van der Waals surface area contributed by atoms with Crippen LogP contribution in [0.3, 0.4) is 0 Å². The van der Waals surface area contributed by atoms with Gasteiger partial charge >= 0.3 is 6.09 Å². The van der Waals surface area contributed by atoms with Gasteiger partial charge in [-0.3, -0.25) is 0 Å². The molecule has 0 saturated carbocycles. The van der Waals surface area contributed by atoms with Crippen LogP contribution in [0.5, 0.6) is 0 Å². The summed E-state index contributed by atoms with van der Waals surface area (Å²) in [6.07, 6.45) is 2.81. The Hall–Kier alpha value is -1.05. The molecule has 3 aliphatic heterocycles. The highest BCUT2D eigenvalue weighted by atomic mass is 127. The monoisotopic (exact) mass is 401 g/mol. The van der Waals surface area contributed by atoms with E-state index < -0.39 is 5.60 Å². The third kappa shape index (κ3) is 3.09. The van der Waals surface area contributed by atoms with Crippen LogP contribution in [0.4, 0.5) is 10.6 Å². The molecule has 1 aromatic heterocycles. The van der Waals surface area contributed by atoms with Crippen LogP contribution in [-0.2, 0) is 4.74 Å². The molecule has 2 unspecified atom stereocenters. The topological polar surface area (TPSA) is 45.7 Å². The summed E-state index contributed by atoms with van der Waals surface area (Å²) in [6, 6.07) is 4.86. The van der Waals surface area contributed by atoms with E-state index in [1.54, 1.807) is 0 Å². The minimum atomic E-state index is -0.434. The van der Waals surface area contributed by atoms with E-state index in [1.165, 1.54) is 0 Å². The molecule has 3 saturated heterocycles. The van der Waals surface area contributed by atoms with Gasteiger partial charge in [0, 0.05) is 22.9 Å². The van der Waals surface area contributed by atoms with Crippen molar-refractivity contribution in [3.05, 3.63) is 21.9 Å². The number of pyridine rings is 1. The standard InChI is InChI=1S/C15H20IN3O2/c1-15(2,3)21-14(20)18-8-11-6-12(9-18)19(11)13-5-4-10(16)7-17-13/h4-5,7,11-12H,6,8-9H2,1-3H3. The fourth-order valence-corrected chi connectivity index (χ4v) is 3.30. The molecule has 0 aromatic carbocycles. The fourth-order valence-electron chi connectivity index (χ4n) is 2.98. The van der Waals surface area contributed by atoms with Crippen molar-refractivity contribution in [2.24, 2.45) is 0 Å². The van der Waals surface area contributed by atoms with Crippen LogP contribution in [0.25, 0.3) is 0 Å². The second kappa shape index (κ2) is 5.30. The highest BCUT2D eigenvalue weighted by molar-refractivity contribution is 14.1. The van der Waals surface area contributed by atoms with Gasteiger partial charge in [0.2, 0.25) is 0 Å². The number of carbonyl (C=O) groups excluding carboxylic acids is 1. The number of hydrogen-bond acceptors (Lipinski definition) is 4. The SMILES string of the molecule is CC(C)(C)OC(=O)N1CC2CC(C1)N2c1ccc(I)cn1. The fraction of sp³-hybridized carbons (Fsp3) is 0.600. The van der Waals surface area contributed by atoms with E-state index >= 15 is 0 Å². The van der Waals surface area contributed by atoms with Crippen molar-refractivity contribution in [3.8, 4) is 0 Å². The van der Waals surface area contributed by atoms with Crippen molar-refractivity contribution < 1.29 is 9.53 Å².